The summed E-state index contributed by atoms with van der Waals surface area (Å²) in [6.07, 6.45) is 1.73. The summed E-state index contributed by atoms with van der Waals surface area (Å²) in [5.74, 6) is 1.33. The van der Waals surface area contributed by atoms with E-state index in [2.05, 4.69) is 5.32 Å². The number of anilines is 1. The van der Waals surface area contributed by atoms with Gasteiger partial charge in [-0.1, -0.05) is 11.6 Å². The number of fused-ring (bicyclic) bond motifs is 1. The van der Waals surface area contributed by atoms with Gasteiger partial charge in [0.15, 0.2) is 0 Å². The van der Waals surface area contributed by atoms with Crippen molar-refractivity contribution in [3.8, 4) is 0 Å². The quantitative estimate of drug-likeness (QED) is 0.793. The zero-order valence-corrected chi connectivity index (χ0v) is 10.4. The third kappa shape index (κ3) is 1.83. The summed E-state index contributed by atoms with van der Waals surface area (Å²) < 4.78 is 5.45. The second-order valence-corrected chi connectivity index (χ2v) is 4.59. The first-order chi connectivity index (χ1) is 8.63. The van der Waals surface area contributed by atoms with Gasteiger partial charge in [0, 0.05) is 16.3 Å². The zero-order valence-electron chi connectivity index (χ0n) is 9.66. The lowest BCUT2D eigenvalue weighted by molar-refractivity contribution is -0.110. The first kappa shape index (κ1) is 11.1. The van der Waals surface area contributed by atoms with Crippen LogP contribution >= 0.6 is 11.6 Å². The van der Waals surface area contributed by atoms with Crippen LogP contribution in [0, 0.1) is 6.92 Å². The molecule has 3 nitrogen and oxygen atoms in total. The first-order valence-corrected chi connectivity index (χ1v) is 5.91. The lowest BCUT2D eigenvalue weighted by atomic mass is 10.1. The fraction of sp³-hybridized carbons (Fsp3) is 0.0714. The highest BCUT2D eigenvalue weighted by molar-refractivity contribution is 6.36. The maximum atomic E-state index is 11.9. The van der Waals surface area contributed by atoms with E-state index in [1.165, 1.54) is 0 Å². The Morgan fingerprint density at radius 2 is 2.11 bits per heavy atom. The normalized spacial score (nSPS) is 15.9. The highest BCUT2D eigenvalue weighted by Gasteiger charge is 2.24. The van der Waals surface area contributed by atoms with Crippen LogP contribution in [0.3, 0.4) is 0 Å². The molecule has 18 heavy (non-hydrogen) atoms. The molecule has 1 aliphatic heterocycles. The number of carbonyl (C=O) groups excluding carboxylic acids is 1. The fourth-order valence-corrected chi connectivity index (χ4v) is 2.15. The molecule has 3 rings (SSSR count). The van der Waals surface area contributed by atoms with Gasteiger partial charge in [0.2, 0.25) is 0 Å². The molecule has 2 heterocycles. The molecule has 1 amide bonds. The third-order valence-electron chi connectivity index (χ3n) is 2.81. The number of nitrogens with one attached hydrogen (secondary N) is 1. The van der Waals surface area contributed by atoms with E-state index in [0.29, 0.717) is 16.4 Å². The largest absolute Gasteiger partial charge is 0.462 e. The van der Waals surface area contributed by atoms with E-state index in [0.717, 1.165) is 17.0 Å². The average molecular weight is 260 g/mol. The number of furan rings is 1. The molecule has 1 N–H and O–H groups in total. The smallest absolute Gasteiger partial charge is 0.256 e. The van der Waals surface area contributed by atoms with Crippen LogP contribution in [0.4, 0.5) is 5.69 Å². The van der Waals surface area contributed by atoms with Gasteiger partial charge >= 0.3 is 0 Å². The number of rotatable bonds is 1. The molecule has 1 aromatic heterocycles. The van der Waals surface area contributed by atoms with Crippen LogP contribution in [-0.2, 0) is 4.79 Å². The Kier molecular flexibility index (Phi) is 2.49. The van der Waals surface area contributed by atoms with Crippen LogP contribution in [0.25, 0.3) is 11.6 Å². The van der Waals surface area contributed by atoms with Crippen molar-refractivity contribution in [2.24, 2.45) is 0 Å². The Morgan fingerprint density at radius 1 is 1.28 bits per heavy atom. The van der Waals surface area contributed by atoms with Crippen molar-refractivity contribution < 1.29 is 9.21 Å². The van der Waals surface area contributed by atoms with Crippen LogP contribution in [0.15, 0.2) is 34.7 Å². The number of halogens is 1. The van der Waals surface area contributed by atoms with Crippen molar-refractivity contribution in [1.82, 2.24) is 0 Å². The second-order valence-electron chi connectivity index (χ2n) is 4.15. The van der Waals surface area contributed by atoms with Crippen molar-refractivity contribution >= 4 is 34.8 Å². The minimum absolute atomic E-state index is 0.138. The SMILES string of the molecule is Cc1ccc(C=C2C(=O)Nc3ccc(Cl)cc32)o1. The molecule has 0 bridgehead atoms. The molecule has 0 aliphatic carbocycles. The van der Waals surface area contributed by atoms with Crippen molar-refractivity contribution in [1.29, 1.82) is 0 Å². The van der Waals surface area contributed by atoms with E-state index in [9.17, 15) is 4.79 Å². The first-order valence-electron chi connectivity index (χ1n) is 5.53. The Hall–Kier alpha value is -2.00. The standard InChI is InChI=1S/C14H10ClNO2/c1-8-2-4-10(18-8)7-12-11-6-9(15)3-5-13(11)16-14(12)17/h2-7H,1H3,(H,16,17). The Balaban J connectivity index is 2.11. The summed E-state index contributed by atoms with van der Waals surface area (Å²) in [6.45, 7) is 1.86. The number of benzene rings is 1. The number of hydrogen-bond donors (Lipinski definition) is 1. The summed E-state index contributed by atoms with van der Waals surface area (Å²) >= 11 is 5.95. The molecule has 0 unspecified atom stereocenters. The molecule has 1 aliphatic rings. The van der Waals surface area contributed by atoms with Gasteiger partial charge < -0.3 is 9.73 Å². The van der Waals surface area contributed by atoms with Gasteiger partial charge in [0.05, 0.1) is 5.57 Å². The summed E-state index contributed by atoms with van der Waals surface area (Å²) in [5.41, 5.74) is 2.15. The van der Waals surface area contributed by atoms with Crippen LogP contribution in [-0.4, -0.2) is 5.91 Å². The molecular formula is C14H10ClNO2. The van der Waals surface area contributed by atoms with Crippen molar-refractivity contribution in [2.75, 3.05) is 5.32 Å². The van der Waals surface area contributed by atoms with E-state index in [4.69, 9.17) is 16.0 Å². The van der Waals surface area contributed by atoms with E-state index < -0.39 is 0 Å². The van der Waals surface area contributed by atoms with E-state index in [1.54, 1.807) is 24.3 Å². The number of aryl methyl sites for hydroxylation is 1. The summed E-state index contributed by atoms with van der Waals surface area (Å²) in [5, 5.41) is 3.40. The minimum Gasteiger partial charge on any atom is -0.462 e. The molecule has 0 saturated carbocycles. The molecule has 90 valence electrons. The minimum atomic E-state index is -0.138. The van der Waals surface area contributed by atoms with Gasteiger partial charge in [-0.2, -0.15) is 0 Å². The lowest BCUT2D eigenvalue weighted by Crippen LogP contribution is -2.03. The van der Waals surface area contributed by atoms with Gasteiger partial charge in [-0.3, -0.25) is 4.79 Å². The molecule has 4 heteroatoms. The summed E-state index contributed by atoms with van der Waals surface area (Å²) in [4.78, 5) is 11.9. The number of amides is 1. The summed E-state index contributed by atoms with van der Waals surface area (Å²) in [6, 6.07) is 9.01. The van der Waals surface area contributed by atoms with Crippen molar-refractivity contribution in [3.63, 3.8) is 0 Å². The van der Waals surface area contributed by atoms with Gasteiger partial charge in [-0.25, -0.2) is 0 Å². The van der Waals surface area contributed by atoms with E-state index in [1.807, 2.05) is 19.1 Å². The maximum Gasteiger partial charge on any atom is 0.256 e. The van der Waals surface area contributed by atoms with Gasteiger partial charge in [0.25, 0.3) is 5.91 Å². The number of carbonyl (C=O) groups is 1. The molecule has 0 fully saturated rings. The zero-order chi connectivity index (χ0) is 12.7. The second kappa shape index (κ2) is 4.03. The van der Waals surface area contributed by atoms with Crippen LogP contribution in [0.5, 0.6) is 0 Å². The van der Waals surface area contributed by atoms with Crippen LogP contribution < -0.4 is 5.32 Å². The van der Waals surface area contributed by atoms with Crippen LogP contribution in [0.2, 0.25) is 5.02 Å². The summed E-state index contributed by atoms with van der Waals surface area (Å²) in [7, 11) is 0. The lowest BCUT2D eigenvalue weighted by Gasteiger charge is -1.98. The fourth-order valence-electron chi connectivity index (χ4n) is 1.98. The Bertz CT molecular complexity index is 670. The monoisotopic (exact) mass is 259 g/mol. The molecule has 1 aromatic carbocycles. The molecule has 0 atom stereocenters. The van der Waals surface area contributed by atoms with Gasteiger partial charge in [-0.05, 0) is 43.3 Å². The molecule has 0 radical (unpaired) electrons. The van der Waals surface area contributed by atoms with Crippen molar-refractivity contribution in [3.05, 3.63) is 52.4 Å². The maximum absolute atomic E-state index is 11.9. The molecule has 0 spiro atoms. The molecule has 0 saturated heterocycles. The number of hydrogen-bond acceptors (Lipinski definition) is 2. The third-order valence-corrected chi connectivity index (χ3v) is 3.05. The van der Waals surface area contributed by atoms with E-state index in [-0.39, 0.29) is 5.91 Å². The highest BCUT2D eigenvalue weighted by atomic mass is 35.5. The predicted molar refractivity (Wildman–Crippen MR) is 71.4 cm³/mol. The average Bonchev–Trinajstić information content (AvgIpc) is 2.86. The Labute approximate surface area is 109 Å². The van der Waals surface area contributed by atoms with Gasteiger partial charge in [-0.15, -0.1) is 0 Å². The Morgan fingerprint density at radius 3 is 2.83 bits per heavy atom. The predicted octanol–water partition coefficient (Wildman–Crippen LogP) is 3.73. The topological polar surface area (TPSA) is 42.2 Å². The highest BCUT2D eigenvalue weighted by Crippen LogP contribution is 2.35. The molecule has 2 aromatic rings. The van der Waals surface area contributed by atoms with Crippen LogP contribution in [0.1, 0.15) is 17.1 Å². The van der Waals surface area contributed by atoms with Gasteiger partial charge in [0.1, 0.15) is 11.5 Å². The van der Waals surface area contributed by atoms with E-state index >= 15 is 0 Å². The molecular weight excluding hydrogens is 250 g/mol. The van der Waals surface area contributed by atoms with Crippen molar-refractivity contribution in [2.45, 2.75) is 6.92 Å².